The second-order valence-electron chi connectivity index (χ2n) is 4.52. The van der Waals surface area contributed by atoms with Gasteiger partial charge in [-0.15, -0.1) is 0 Å². The van der Waals surface area contributed by atoms with E-state index in [1.165, 1.54) is 0 Å². The normalized spacial score (nSPS) is 20.7. The van der Waals surface area contributed by atoms with Crippen molar-refractivity contribution in [3.8, 4) is 11.5 Å². The Bertz CT molecular complexity index is 389. The smallest absolute Gasteiger partial charge is 0.128 e. The zero-order valence-electron chi connectivity index (χ0n) is 11.2. The maximum absolute atomic E-state index is 6.03. The van der Waals surface area contributed by atoms with Crippen LogP contribution in [0.1, 0.15) is 24.9 Å². The fourth-order valence-electron chi connectivity index (χ4n) is 2.04. The predicted molar refractivity (Wildman–Crippen MR) is 70.3 cm³/mol. The molecule has 1 fully saturated rings. The molecule has 0 amide bonds. The second kappa shape index (κ2) is 6.07. The molecule has 4 nitrogen and oxygen atoms in total. The summed E-state index contributed by atoms with van der Waals surface area (Å²) in [5.74, 6) is 1.70. The Hall–Kier alpha value is -1.26. The maximum Gasteiger partial charge on any atom is 0.128 e. The molecule has 1 saturated heterocycles. The highest BCUT2D eigenvalue weighted by molar-refractivity contribution is 5.42. The average Bonchev–Trinajstić information content (AvgIpc) is 2.90. The Balaban J connectivity index is 2.22. The first-order valence-electron chi connectivity index (χ1n) is 6.34. The van der Waals surface area contributed by atoms with Gasteiger partial charge in [-0.05, 0) is 20.0 Å². The van der Waals surface area contributed by atoms with Crippen LogP contribution in [-0.2, 0) is 4.74 Å². The van der Waals surface area contributed by atoms with Gasteiger partial charge in [0.05, 0.1) is 20.3 Å². The van der Waals surface area contributed by atoms with Crippen molar-refractivity contribution in [3.63, 3.8) is 0 Å². The number of ether oxygens (including phenoxy) is 3. The van der Waals surface area contributed by atoms with E-state index in [4.69, 9.17) is 14.2 Å². The Kier molecular flexibility index (Phi) is 4.44. The Morgan fingerprint density at radius 3 is 2.89 bits per heavy atom. The number of rotatable bonds is 5. The Labute approximate surface area is 108 Å². The summed E-state index contributed by atoms with van der Waals surface area (Å²) < 4.78 is 16.6. The highest BCUT2D eigenvalue weighted by Gasteiger charge is 2.20. The lowest BCUT2D eigenvalue weighted by Crippen LogP contribution is -2.19. The summed E-state index contributed by atoms with van der Waals surface area (Å²) in [6.07, 6.45) is 1.10. The van der Waals surface area contributed by atoms with E-state index in [0.29, 0.717) is 6.61 Å². The van der Waals surface area contributed by atoms with E-state index in [9.17, 15) is 0 Å². The third-order valence-corrected chi connectivity index (χ3v) is 3.30. The predicted octanol–water partition coefficient (Wildman–Crippen LogP) is 2.14. The summed E-state index contributed by atoms with van der Waals surface area (Å²) in [7, 11) is 3.61. The molecule has 0 saturated carbocycles. The van der Waals surface area contributed by atoms with Crippen LogP contribution in [-0.4, -0.2) is 33.5 Å². The molecule has 100 valence electrons. The van der Waals surface area contributed by atoms with Crippen LogP contribution < -0.4 is 14.8 Å². The third kappa shape index (κ3) is 2.94. The lowest BCUT2D eigenvalue weighted by atomic mass is 10.1. The minimum Gasteiger partial charge on any atom is -0.497 e. The standard InChI is InChI=1S/C14H21NO3/c1-10(15-2)13-5-4-11(16-3)8-14(13)18-12-6-7-17-9-12/h4-5,8,10,12,15H,6-7,9H2,1-3H3. The van der Waals surface area contributed by atoms with Crippen LogP contribution >= 0.6 is 0 Å². The van der Waals surface area contributed by atoms with Gasteiger partial charge in [0.2, 0.25) is 0 Å². The molecule has 0 aliphatic carbocycles. The van der Waals surface area contributed by atoms with Crippen molar-refractivity contribution in [2.45, 2.75) is 25.5 Å². The number of hydrogen-bond acceptors (Lipinski definition) is 4. The molecule has 4 heteroatoms. The van der Waals surface area contributed by atoms with Crippen molar-refractivity contribution in [2.75, 3.05) is 27.4 Å². The zero-order chi connectivity index (χ0) is 13.0. The quantitative estimate of drug-likeness (QED) is 0.870. The lowest BCUT2D eigenvalue weighted by Gasteiger charge is -2.20. The van der Waals surface area contributed by atoms with Gasteiger partial charge in [0.15, 0.2) is 0 Å². The van der Waals surface area contributed by atoms with Gasteiger partial charge in [-0.25, -0.2) is 0 Å². The van der Waals surface area contributed by atoms with E-state index in [1.54, 1.807) is 7.11 Å². The molecule has 18 heavy (non-hydrogen) atoms. The third-order valence-electron chi connectivity index (χ3n) is 3.30. The molecule has 0 spiro atoms. The van der Waals surface area contributed by atoms with E-state index in [2.05, 4.69) is 12.2 Å². The number of benzene rings is 1. The summed E-state index contributed by atoms with van der Waals surface area (Å²) in [4.78, 5) is 0. The molecule has 2 atom stereocenters. The van der Waals surface area contributed by atoms with Crippen LogP contribution in [0, 0.1) is 0 Å². The van der Waals surface area contributed by atoms with Gasteiger partial charge in [0.1, 0.15) is 17.6 Å². The average molecular weight is 251 g/mol. The second-order valence-corrected chi connectivity index (χ2v) is 4.52. The van der Waals surface area contributed by atoms with Crippen LogP contribution in [0.5, 0.6) is 11.5 Å². The molecule has 1 N–H and O–H groups in total. The fourth-order valence-corrected chi connectivity index (χ4v) is 2.04. The molecule has 2 rings (SSSR count). The monoisotopic (exact) mass is 251 g/mol. The van der Waals surface area contributed by atoms with E-state index >= 15 is 0 Å². The number of hydrogen-bond donors (Lipinski definition) is 1. The Morgan fingerprint density at radius 1 is 1.44 bits per heavy atom. The van der Waals surface area contributed by atoms with Crippen molar-refractivity contribution in [2.24, 2.45) is 0 Å². The first kappa shape index (κ1) is 13.2. The van der Waals surface area contributed by atoms with Crippen LogP contribution in [0.4, 0.5) is 0 Å². The molecule has 1 aromatic carbocycles. The van der Waals surface area contributed by atoms with Crippen molar-refractivity contribution < 1.29 is 14.2 Å². The van der Waals surface area contributed by atoms with Crippen LogP contribution in [0.15, 0.2) is 18.2 Å². The van der Waals surface area contributed by atoms with Crippen molar-refractivity contribution in [3.05, 3.63) is 23.8 Å². The molecule has 0 aromatic heterocycles. The van der Waals surface area contributed by atoms with Crippen molar-refractivity contribution >= 4 is 0 Å². The SMILES string of the molecule is CNC(C)c1ccc(OC)cc1OC1CCOC1. The largest absolute Gasteiger partial charge is 0.497 e. The zero-order valence-corrected chi connectivity index (χ0v) is 11.2. The van der Waals surface area contributed by atoms with Gasteiger partial charge >= 0.3 is 0 Å². The molecule has 1 heterocycles. The molecular weight excluding hydrogens is 230 g/mol. The van der Waals surface area contributed by atoms with Gasteiger partial charge in [0.25, 0.3) is 0 Å². The van der Waals surface area contributed by atoms with Crippen LogP contribution in [0.25, 0.3) is 0 Å². The minimum absolute atomic E-state index is 0.153. The first-order chi connectivity index (χ1) is 8.74. The van der Waals surface area contributed by atoms with Gasteiger partial charge in [0, 0.05) is 24.1 Å². The molecule has 0 radical (unpaired) electrons. The van der Waals surface area contributed by atoms with Crippen LogP contribution in [0.3, 0.4) is 0 Å². The Morgan fingerprint density at radius 2 is 2.28 bits per heavy atom. The molecule has 2 unspecified atom stereocenters. The fraction of sp³-hybridized carbons (Fsp3) is 0.571. The van der Waals surface area contributed by atoms with Gasteiger partial charge in [-0.3, -0.25) is 0 Å². The van der Waals surface area contributed by atoms with Crippen molar-refractivity contribution in [1.29, 1.82) is 0 Å². The van der Waals surface area contributed by atoms with Gasteiger partial charge in [-0.1, -0.05) is 6.07 Å². The number of nitrogens with one attached hydrogen (secondary N) is 1. The molecule has 1 aliphatic rings. The molecule has 1 aromatic rings. The van der Waals surface area contributed by atoms with Crippen LogP contribution in [0.2, 0.25) is 0 Å². The summed E-state index contributed by atoms with van der Waals surface area (Å²) >= 11 is 0. The summed E-state index contributed by atoms with van der Waals surface area (Å²) in [6.45, 7) is 3.57. The minimum atomic E-state index is 0.153. The first-order valence-corrected chi connectivity index (χ1v) is 6.34. The highest BCUT2D eigenvalue weighted by Crippen LogP contribution is 2.31. The maximum atomic E-state index is 6.03. The summed E-state index contributed by atoms with van der Waals surface area (Å²) in [5.41, 5.74) is 1.14. The van der Waals surface area contributed by atoms with Crippen molar-refractivity contribution in [1.82, 2.24) is 5.32 Å². The van der Waals surface area contributed by atoms with E-state index in [0.717, 1.165) is 30.1 Å². The molecular formula is C14H21NO3. The highest BCUT2D eigenvalue weighted by atomic mass is 16.5. The van der Waals surface area contributed by atoms with E-state index < -0.39 is 0 Å². The lowest BCUT2D eigenvalue weighted by molar-refractivity contribution is 0.140. The number of methoxy groups -OCH3 is 1. The summed E-state index contributed by atoms with van der Waals surface area (Å²) in [5, 5.41) is 3.23. The van der Waals surface area contributed by atoms with Gasteiger partial charge in [-0.2, -0.15) is 0 Å². The molecule has 1 aliphatic heterocycles. The van der Waals surface area contributed by atoms with E-state index in [1.807, 2.05) is 25.2 Å². The topological polar surface area (TPSA) is 39.7 Å². The molecule has 0 bridgehead atoms. The van der Waals surface area contributed by atoms with E-state index in [-0.39, 0.29) is 12.1 Å². The summed E-state index contributed by atoms with van der Waals surface area (Å²) in [6, 6.07) is 6.20. The van der Waals surface area contributed by atoms with Gasteiger partial charge < -0.3 is 19.5 Å².